The number of hydrogen-bond acceptors (Lipinski definition) is 6. The molecule has 3 aromatic rings. The molecular weight excluding hydrogens is 495 g/mol. The zero-order valence-electron chi connectivity index (χ0n) is 21.4. The van der Waals surface area contributed by atoms with Gasteiger partial charge in [-0.15, -0.1) is 0 Å². The van der Waals surface area contributed by atoms with Crippen LogP contribution < -0.4 is 11.1 Å². The van der Waals surface area contributed by atoms with E-state index in [1.807, 2.05) is 30.3 Å². The molecule has 0 saturated heterocycles. The number of benzene rings is 3. The first-order chi connectivity index (χ1) is 19.0. The van der Waals surface area contributed by atoms with Crippen LogP contribution in [0.5, 0.6) is 0 Å². The maximum atomic E-state index is 13.8. The van der Waals surface area contributed by atoms with Crippen molar-refractivity contribution in [3.8, 4) is 0 Å². The molecule has 3 aliphatic heterocycles. The van der Waals surface area contributed by atoms with Crippen LogP contribution >= 0.6 is 0 Å². The lowest BCUT2D eigenvalue weighted by Gasteiger charge is -2.42. The van der Waals surface area contributed by atoms with E-state index in [1.165, 1.54) is 17.7 Å². The molecule has 6 rings (SSSR count). The Kier molecular flexibility index (Phi) is 6.58. The van der Waals surface area contributed by atoms with Crippen LogP contribution in [0.4, 0.5) is 15.8 Å². The molecule has 0 atom stereocenters. The van der Waals surface area contributed by atoms with Gasteiger partial charge in [-0.3, -0.25) is 24.4 Å². The molecule has 3 aromatic carbocycles. The van der Waals surface area contributed by atoms with Crippen LogP contribution in [0.1, 0.15) is 27.9 Å². The van der Waals surface area contributed by atoms with Gasteiger partial charge in [0.25, 0.3) is 11.8 Å². The Hall–Kier alpha value is -4.50. The SMILES string of the molecule is Nc1cc(F)ccc1NC(=O)c1ccc(CN2C(=O)C3=C(CCN(Cc4ccccc4)C3)N3CCN=C23)cc1. The van der Waals surface area contributed by atoms with Crippen LogP contribution in [-0.4, -0.2) is 58.7 Å². The second kappa shape index (κ2) is 10.3. The summed E-state index contributed by atoms with van der Waals surface area (Å²) in [4.78, 5) is 37.4. The first-order valence-corrected chi connectivity index (χ1v) is 13.0. The van der Waals surface area contributed by atoms with Gasteiger partial charge in [-0.2, -0.15) is 0 Å². The topological polar surface area (TPSA) is 94.3 Å². The maximum Gasteiger partial charge on any atom is 0.259 e. The van der Waals surface area contributed by atoms with Gasteiger partial charge in [0.1, 0.15) is 5.82 Å². The summed E-state index contributed by atoms with van der Waals surface area (Å²) in [6.07, 6.45) is 0.823. The molecule has 8 nitrogen and oxygen atoms in total. The molecular formula is C30H29FN6O2. The van der Waals surface area contributed by atoms with Crippen LogP contribution in [0.2, 0.25) is 0 Å². The fourth-order valence-electron chi connectivity index (χ4n) is 5.38. The number of nitrogen functional groups attached to an aromatic ring is 1. The van der Waals surface area contributed by atoms with Gasteiger partial charge in [-0.25, -0.2) is 4.39 Å². The summed E-state index contributed by atoms with van der Waals surface area (Å²) in [6, 6.07) is 21.2. The zero-order valence-corrected chi connectivity index (χ0v) is 21.4. The van der Waals surface area contributed by atoms with Gasteiger partial charge < -0.3 is 16.0 Å². The van der Waals surface area contributed by atoms with Gasteiger partial charge >= 0.3 is 0 Å². The molecule has 0 bridgehead atoms. The zero-order chi connectivity index (χ0) is 26.9. The van der Waals surface area contributed by atoms with Gasteiger partial charge in [0.15, 0.2) is 0 Å². The van der Waals surface area contributed by atoms with Gasteiger partial charge in [-0.05, 0) is 41.5 Å². The average molecular weight is 525 g/mol. The van der Waals surface area contributed by atoms with E-state index in [1.54, 1.807) is 17.0 Å². The Bertz CT molecular complexity index is 1490. The summed E-state index contributed by atoms with van der Waals surface area (Å²) in [5.74, 6) is -0.111. The van der Waals surface area contributed by atoms with Crippen molar-refractivity contribution >= 4 is 29.1 Å². The number of nitrogens with zero attached hydrogens (tertiary/aromatic N) is 4. The second-order valence-corrected chi connectivity index (χ2v) is 9.98. The van der Waals surface area contributed by atoms with Crippen LogP contribution in [0.15, 0.2) is 89.1 Å². The number of guanidine groups is 1. The number of carbonyl (C=O) groups is 2. The highest BCUT2D eigenvalue weighted by Gasteiger charge is 2.40. The van der Waals surface area contributed by atoms with E-state index in [0.29, 0.717) is 36.8 Å². The lowest BCUT2D eigenvalue weighted by molar-refractivity contribution is -0.125. The van der Waals surface area contributed by atoms with E-state index < -0.39 is 5.82 Å². The Morgan fingerprint density at radius 2 is 1.74 bits per heavy atom. The molecule has 39 heavy (non-hydrogen) atoms. The molecule has 0 spiro atoms. The van der Waals surface area contributed by atoms with Crippen molar-refractivity contribution in [2.45, 2.75) is 19.5 Å². The molecule has 0 unspecified atom stereocenters. The molecule has 3 heterocycles. The van der Waals surface area contributed by atoms with Crippen LogP contribution in [0, 0.1) is 5.82 Å². The van der Waals surface area contributed by atoms with Crippen molar-refractivity contribution in [1.82, 2.24) is 14.7 Å². The summed E-state index contributed by atoms with van der Waals surface area (Å²) in [7, 11) is 0. The Morgan fingerprint density at radius 1 is 0.974 bits per heavy atom. The van der Waals surface area contributed by atoms with Crippen LogP contribution in [0.3, 0.4) is 0 Å². The summed E-state index contributed by atoms with van der Waals surface area (Å²) >= 11 is 0. The Morgan fingerprint density at radius 3 is 2.51 bits per heavy atom. The Balaban J connectivity index is 1.17. The average Bonchev–Trinajstić information content (AvgIpc) is 3.43. The number of carbonyl (C=O) groups excluding carboxylic acids is 2. The standard InChI is InChI=1S/C30H29FN6O2/c31-23-10-11-26(25(32)16-23)34-28(38)22-8-6-21(7-9-22)18-37-29(39)24-19-35(17-20-4-2-1-3-5-20)14-12-27(24)36-15-13-33-30(36)37/h1-11,16H,12-15,17-19,32H2,(H,34,38). The summed E-state index contributed by atoms with van der Waals surface area (Å²) < 4.78 is 13.3. The van der Waals surface area contributed by atoms with E-state index in [2.05, 4.69) is 32.2 Å². The smallest absolute Gasteiger partial charge is 0.259 e. The number of rotatable bonds is 6. The fourth-order valence-corrected chi connectivity index (χ4v) is 5.38. The summed E-state index contributed by atoms with van der Waals surface area (Å²) in [5.41, 5.74) is 10.8. The number of halogens is 1. The molecule has 0 aliphatic carbocycles. The van der Waals surface area contributed by atoms with E-state index in [4.69, 9.17) is 5.73 Å². The van der Waals surface area contributed by atoms with E-state index in [9.17, 15) is 14.0 Å². The van der Waals surface area contributed by atoms with Gasteiger partial charge in [0.05, 0.1) is 30.0 Å². The quantitative estimate of drug-likeness (QED) is 0.478. The third kappa shape index (κ3) is 5.00. The molecule has 0 radical (unpaired) electrons. The van der Waals surface area contributed by atoms with Crippen LogP contribution in [-0.2, 0) is 17.9 Å². The number of nitrogens with two attached hydrogens (primary N) is 1. The van der Waals surface area contributed by atoms with Crippen molar-refractivity contribution in [1.29, 1.82) is 0 Å². The molecule has 0 fully saturated rings. The monoisotopic (exact) mass is 524 g/mol. The normalized spacial score (nSPS) is 17.2. The third-order valence-corrected chi connectivity index (χ3v) is 7.35. The van der Waals surface area contributed by atoms with Crippen molar-refractivity contribution in [3.05, 3.63) is 107 Å². The number of aliphatic imine (C=N–C) groups is 1. The Labute approximate surface area is 226 Å². The predicted octanol–water partition coefficient (Wildman–Crippen LogP) is 3.83. The van der Waals surface area contributed by atoms with Crippen LogP contribution in [0.25, 0.3) is 0 Å². The molecule has 0 saturated carbocycles. The van der Waals surface area contributed by atoms with Crippen molar-refractivity contribution < 1.29 is 14.0 Å². The number of nitrogens with one attached hydrogen (secondary N) is 1. The predicted molar refractivity (Wildman–Crippen MR) is 148 cm³/mol. The molecule has 2 amide bonds. The second-order valence-electron chi connectivity index (χ2n) is 9.98. The van der Waals surface area contributed by atoms with Crippen molar-refractivity contribution in [3.63, 3.8) is 0 Å². The van der Waals surface area contributed by atoms with Gasteiger partial charge in [-0.1, -0.05) is 42.5 Å². The minimum absolute atomic E-state index is 0.00623. The highest BCUT2D eigenvalue weighted by atomic mass is 19.1. The molecule has 3 aliphatic rings. The summed E-state index contributed by atoms with van der Waals surface area (Å²) in [6.45, 7) is 4.11. The van der Waals surface area contributed by atoms with Crippen molar-refractivity contribution in [2.75, 3.05) is 37.2 Å². The van der Waals surface area contributed by atoms with Gasteiger partial charge in [0.2, 0.25) is 5.96 Å². The lowest BCUT2D eigenvalue weighted by Crippen LogP contribution is -2.53. The number of amides is 2. The molecule has 9 heteroatoms. The minimum Gasteiger partial charge on any atom is -0.397 e. The molecule has 3 N–H and O–H groups in total. The summed E-state index contributed by atoms with van der Waals surface area (Å²) in [5, 5.41) is 2.71. The lowest BCUT2D eigenvalue weighted by atomic mass is 10.00. The number of anilines is 2. The molecule has 198 valence electrons. The highest BCUT2D eigenvalue weighted by molar-refractivity contribution is 6.10. The number of hydrogen-bond donors (Lipinski definition) is 2. The van der Waals surface area contributed by atoms with E-state index in [-0.39, 0.29) is 17.5 Å². The largest absolute Gasteiger partial charge is 0.397 e. The van der Waals surface area contributed by atoms with Crippen molar-refractivity contribution in [2.24, 2.45) is 4.99 Å². The first-order valence-electron chi connectivity index (χ1n) is 13.0. The third-order valence-electron chi connectivity index (χ3n) is 7.35. The number of fused-ring (bicyclic) bond motifs is 2. The van der Waals surface area contributed by atoms with E-state index in [0.717, 1.165) is 49.0 Å². The molecule has 0 aromatic heterocycles. The van der Waals surface area contributed by atoms with E-state index >= 15 is 0 Å². The highest BCUT2D eigenvalue weighted by Crippen LogP contribution is 2.32. The first kappa shape index (κ1) is 24.8. The fraction of sp³-hybridized carbons (Fsp3) is 0.233. The maximum absolute atomic E-state index is 13.8. The minimum atomic E-state index is -0.465. The van der Waals surface area contributed by atoms with Gasteiger partial charge in [0, 0.05) is 43.9 Å².